The number of amides is 1. The number of rotatable bonds is 5. The van der Waals surface area contributed by atoms with Crippen molar-refractivity contribution in [3.05, 3.63) is 77.1 Å². The summed E-state index contributed by atoms with van der Waals surface area (Å²) in [5, 5.41) is 0. The average Bonchev–Trinajstić information content (AvgIpc) is 3.19. The molecule has 1 atom stereocenters. The summed E-state index contributed by atoms with van der Waals surface area (Å²) in [4.78, 5) is 41.3. The highest BCUT2D eigenvalue weighted by Crippen LogP contribution is 2.27. The van der Waals surface area contributed by atoms with Crippen LogP contribution in [0.5, 0.6) is 5.75 Å². The number of aryl methyl sites for hydroxylation is 1. The quantitative estimate of drug-likeness (QED) is 0.589. The SMILES string of the molecule is Cc1cnc(C(=O)N2CCOc3ccc(CN4CCC[C@H](C(=O)c5cccnc5)C4)cc3C2)[nH]1. The van der Waals surface area contributed by atoms with E-state index in [9.17, 15) is 9.59 Å². The van der Waals surface area contributed by atoms with E-state index < -0.39 is 0 Å². The van der Waals surface area contributed by atoms with Gasteiger partial charge in [0.05, 0.1) is 6.54 Å². The van der Waals surface area contributed by atoms with Crippen molar-refractivity contribution in [2.75, 3.05) is 26.2 Å². The van der Waals surface area contributed by atoms with Gasteiger partial charge < -0.3 is 14.6 Å². The molecule has 1 amide bonds. The van der Waals surface area contributed by atoms with Crippen LogP contribution in [-0.2, 0) is 13.1 Å². The molecule has 0 saturated carbocycles. The lowest BCUT2D eigenvalue weighted by Crippen LogP contribution is -2.38. The van der Waals surface area contributed by atoms with Gasteiger partial charge in [0.1, 0.15) is 12.4 Å². The molecule has 8 nitrogen and oxygen atoms in total. The van der Waals surface area contributed by atoms with E-state index in [1.54, 1.807) is 23.5 Å². The van der Waals surface area contributed by atoms with E-state index in [2.05, 4.69) is 32.0 Å². The Kier molecular flexibility index (Phi) is 6.40. The van der Waals surface area contributed by atoms with Crippen LogP contribution in [0.1, 0.15) is 50.6 Å². The molecule has 3 aromatic rings. The Morgan fingerprint density at radius 2 is 2.12 bits per heavy atom. The lowest BCUT2D eigenvalue weighted by atomic mass is 9.90. The van der Waals surface area contributed by atoms with Crippen molar-refractivity contribution in [1.82, 2.24) is 24.8 Å². The molecule has 1 fully saturated rings. The maximum absolute atomic E-state index is 12.9. The predicted molar refractivity (Wildman–Crippen MR) is 127 cm³/mol. The van der Waals surface area contributed by atoms with Gasteiger partial charge in [-0.25, -0.2) is 4.98 Å². The van der Waals surface area contributed by atoms with E-state index in [1.807, 2.05) is 25.1 Å². The van der Waals surface area contributed by atoms with Gasteiger partial charge in [0.25, 0.3) is 5.91 Å². The molecular formula is C26H29N5O3. The number of likely N-dealkylation sites (tertiary alicyclic amines) is 1. The molecule has 0 radical (unpaired) electrons. The molecule has 0 bridgehead atoms. The first-order valence-corrected chi connectivity index (χ1v) is 11.8. The Morgan fingerprint density at radius 1 is 1.21 bits per heavy atom. The van der Waals surface area contributed by atoms with E-state index in [4.69, 9.17) is 4.74 Å². The highest BCUT2D eigenvalue weighted by molar-refractivity contribution is 5.97. The summed E-state index contributed by atoms with van der Waals surface area (Å²) in [5.74, 6) is 1.22. The number of nitrogens with one attached hydrogen (secondary N) is 1. The molecule has 176 valence electrons. The van der Waals surface area contributed by atoms with Crippen LogP contribution < -0.4 is 4.74 Å². The van der Waals surface area contributed by atoms with E-state index in [0.717, 1.165) is 55.0 Å². The Hall–Kier alpha value is -3.52. The standard InChI is InChI=1S/C26H29N5O3/c1-18-13-28-25(29-18)26(33)31-10-11-34-23-7-6-19(12-22(23)17-31)15-30-9-3-5-21(16-30)24(32)20-4-2-8-27-14-20/h2,4,6-8,12-14,21H,3,5,9-11,15-17H2,1H3,(H,28,29)/t21-/m0/s1. The third kappa shape index (κ3) is 4.87. The summed E-state index contributed by atoms with van der Waals surface area (Å²) in [6, 6.07) is 9.86. The number of nitrogens with zero attached hydrogens (tertiary/aromatic N) is 4. The zero-order chi connectivity index (χ0) is 23.5. The number of ketones is 1. The summed E-state index contributed by atoms with van der Waals surface area (Å²) in [6.07, 6.45) is 6.92. The highest BCUT2D eigenvalue weighted by Gasteiger charge is 2.27. The number of hydrogen-bond donors (Lipinski definition) is 1. The van der Waals surface area contributed by atoms with E-state index in [1.165, 1.54) is 0 Å². The number of carbonyl (C=O) groups excluding carboxylic acids is 2. The third-order valence-electron chi connectivity index (χ3n) is 6.53. The zero-order valence-corrected chi connectivity index (χ0v) is 19.4. The number of piperidine rings is 1. The lowest BCUT2D eigenvalue weighted by molar-refractivity contribution is 0.0721. The predicted octanol–water partition coefficient (Wildman–Crippen LogP) is 3.24. The van der Waals surface area contributed by atoms with Crippen LogP contribution in [0, 0.1) is 12.8 Å². The molecule has 34 heavy (non-hydrogen) atoms. The molecule has 1 N–H and O–H groups in total. The number of hydrogen-bond acceptors (Lipinski definition) is 6. The van der Waals surface area contributed by atoms with Crippen molar-refractivity contribution >= 4 is 11.7 Å². The van der Waals surface area contributed by atoms with Crippen LogP contribution in [0.3, 0.4) is 0 Å². The van der Waals surface area contributed by atoms with Gasteiger partial charge in [0.2, 0.25) is 0 Å². The largest absolute Gasteiger partial charge is 0.491 e. The Morgan fingerprint density at radius 3 is 2.91 bits per heavy atom. The van der Waals surface area contributed by atoms with Gasteiger partial charge in [-0.2, -0.15) is 0 Å². The van der Waals surface area contributed by atoms with E-state index >= 15 is 0 Å². The molecule has 5 rings (SSSR count). The van der Waals surface area contributed by atoms with Crippen LogP contribution in [0.2, 0.25) is 0 Å². The fourth-order valence-corrected chi connectivity index (χ4v) is 4.81. The van der Waals surface area contributed by atoms with Gasteiger partial charge in [0, 0.05) is 61.0 Å². The fourth-order valence-electron chi connectivity index (χ4n) is 4.81. The van der Waals surface area contributed by atoms with Gasteiger partial charge in [-0.1, -0.05) is 6.07 Å². The number of fused-ring (bicyclic) bond motifs is 1. The molecule has 0 unspecified atom stereocenters. The van der Waals surface area contributed by atoms with Gasteiger partial charge in [0.15, 0.2) is 11.6 Å². The van der Waals surface area contributed by atoms with Gasteiger partial charge in [-0.15, -0.1) is 0 Å². The van der Waals surface area contributed by atoms with Gasteiger partial charge >= 0.3 is 0 Å². The second-order valence-corrected chi connectivity index (χ2v) is 9.11. The Bertz CT molecular complexity index is 1180. The van der Waals surface area contributed by atoms with Crippen molar-refractivity contribution in [1.29, 1.82) is 0 Å². The summed E-state index contributed by atoms with van der Waals surface area (Å²) < 4.78 is 5.92. The molecular weight excluding hydrogens is 430 g/mol. The number of benzene rings is 1. The maximum Gasteiger partial charge on any atom is 0.290 e. The Labute approximate surface area is 199 Å². The molecule has 0 aliphatic carbocycles. The molecule has 8 heteroatoms. The zero-order valence-electron chi connectivity index (χ0n) is 19.4. The summed E-state index contributed by atoms with van der Waals surface area (Å²) in [7, 11) is 0. The van der Waals surface area contributed by atoms with Crippen molar-refractivity contribution < 1.29 is 14.3 Å². The summed E-state index contributed by atoms with van der Waals surface area (Å²) in [6.45, 7) is 5.77. The summed E-state index contributed by atoms with van der Waals surface area (Å²) >= 11 is 0. The molecule has 1 aromatic carbocycles. The minimum absolute atomic E-state index is 0.00743. The number of Topliss-reactive ketones (excluding diaryl/α,β-unsaturated/α-hetero) is 1. The van der Waals surface area contributed by atoms with E-state index in [-0.39, 0.29) is 17.6 Å². The maximum atomic E-state index is 12.9. The number of H-pyrrole nitrogens is 1. The second kappa shape index (κ2) is 9.77. The number of imidazole rings is 1. The summed E-state index contributed by atoms with van der Waals surface area (Å²) in [5.41, 5.74) is 3.69. The van der Waals surface area contributed by atoms with E-state index in [0.29, 0.717) is 31.1 Å². The number of carbonyl (C=O) groups is 2. The monoisotopic (exact) mass is 459 g/mol. The highest BCUT2D eigenvalue weighted by atomic mass is 16.5. The van der Waals surface area contributed by atoms with Crippen molar-refractivity contribution in [3.8, 4) is 5.75 Å². The van der Waals surface area contributed by atoms with Crippen LogP contribution in [-0.4, -0.2) is 62.7 Å². The second-order valence-electron chi connectivity index (χ2n) is 9.11. The molecule has 0 spiro atoms. The molecule has 2 aromatic heterocycles. The number of ether oxygens (including phenoxy) is 1. The third-order valence-corrected chi connectivity index (χ3v) is 6.53. The minimum Gasteiger partial charge on any atom is -0.491 e. The topological polar surface area (TPSA) is 91.4 Å². The molecule has 1 saturated heterocycles. The number of aromatic nitrogens is 3. The normalized spacial score (nSPS) is 18.6. The van der Waals surface area contributed by atoms with Gasteiger partial charge in [-0.05, 0) is 56.1 Å². The van der Waals surface area contributed by atoms with Crippen molar-refractivity contribution in [2.24, 2.45) is 5.92 Å². The number of pyridine rings is 1. The lowest BCUT2D eigenvalue weighted by Gasteiger charge is -2.32. The molecule has 4 heterocycles. The van der Waals surface area contributed by atoms with Gasteiger partial charge in [-0.3, -0.25) is 19.5 Å². The smallest absolute Gasteiger partial charge is 0.290 e. The Balaban J connectivity index is 1.27. The first-order chi connectivity index (χ1) is 16.6. The van der Waals surface area contributed by atoms with Crippen molar-refractivity contribution in [2.45, 2.75) is 32.9 Å². The number of aromatic amines is 1. The molecule has 2 aliphatic rings. The minimum atomic E-state index is -0.122. The van der Waals surface area contributed by atoms with Crippen LogP contribution in [0.25, 0.3) is 0 Å². The van der Waals surface area contributed by atoms with Crippen LogP contribution in [0.4, 0.5) is 0 Å². The van der Waals surface area contributed by atoms with Crippen LogP contribution >= 0.6 is 0 Å². The van der Waals surface area contributed by atoms with Crippen molar-refractivity contribution in [3.63, 3.8) is 0 Å². The molecule has 2 aliphatic heterocycles. The fraction of sp³-hybridized carbons (Fsp3) is 0.385. The van der Waals surface area contributed by atoms with Crippen LogP contribution in [0.15, 0.2) is 48.9 Å². The first-order valence-electron chi connectivity index (χ1n) is 11.8. The average molecular weight is 460 g/mol. The first kappa shape index (κ1) is 22.3.